The van der Waals surface area contributed by atoms with Crippen molar-refractivity contribution in [3.8, 4) is 0 Å². The first-order valence-corrected chi connectivity index (χ1v) is 6.96. The topological polar surface area (TPSA) is 70.2 Å². The molecule has 0 saturated carbocycles. The van der Waals surface area contributed by atoms with Crippen molar-refractivity contribution >= 4 is 40.5 Å². The Bertz CT molecular complexity index is 503. The fourth-order valence-corrected chi connectivity index (χ4v) is 1.73. The van der Waals surface area contributed by atoms with Crippen LogP contribution in [-0.4, -0.2) is 16.9 Å². The Morgan fingerprint density at radius 3 is 2.35 bits per heavy atom. The fourth-order valence-electron chi connectivity index (χ4n) is 1.50. The van der Waals surface area contributed by atoms with Gasteiger partial charge in [0.15, 0.2) is 5.11 Å². The molecule has 0 spiro atoms. The van der Waals surface area contributed by atoms with Gasteiger partial charge < -0.3 is 16.0 Å². The summed E-state index contributed by atoms with van der Waals surface area (Å²) in [7, 11) is 0. The van der Waals surface area contributed by atoms with E-state index in [1.54, 1.807) is 31.2 Å². The first-order valence-electron chi connectivity index (χ1n) is 6.56. The van der Waals surface area contributed by atoms with E-state index < -0.39 is 0 Å². The van der Waals surface area contributed by atoms with Crippen LogP contribution < -0.4 is 16.0 Å². The molecule has 0 atom stereocenters. The minimum atomic E-state index is -0.144. The van der Waals surface area contributed by atoms with Crippen molar-refractivity contribution in [2.75, 3.05) is 10.6 Å². The highest BCUT2D eigenvalue weighted by molar-refractivity contribution is 7.80. The van der Waals surface area contributed by atoms with Crippen molar-refractivity contribution < 1.29 is 9.59 Å². The Kier molecular flexibility index (Phi) is 6.66. The van der Waals surface area contributed by atoms with Crippen LogP contribution in [0.5, 0.6) is 0 Å². The van der Waals surface area contributed by atoms with Gasteiger partial charge in [0, 0.05) is 24.2 Å². The molecular formula is C14H19N3O2S. The second kappa shape index (κ2) is 8.27. The predicted molar refractivity (Wildman–Crippen MR) is 84.6 cm³/mol. The molecule has 0 fully saturated rings. The third-order valence-corrected chi connectivity index (χ3v) is 2.66. The Labute approximate surface area is 124 Å². The first kappa shape index (κ1) is 16.1. The van der Waals surface area contributed by atoms with Crippen molar-refractivity contribution in [1.82, 2.24) is 5.32 Å². The van der Waals surface area contributed by atoms with Gasteiger partial charge >= 0.3 is 0 Å². The maximum absolute atomic E-state index is 11.5. The molecule has 0 aliphatic carbocycles. The van der Waals surface area contributed by atoms with Crippen LogP contribution in [-0.2, 0) is 9.59 Å². The third kappa shape index (κ3) is 5.79. The normalized spacial score (nSPS) is 9.70. The highest BCUT2D eigenvalue weighted by Crippen LogP contribution is 2.15. The van der Waals surface area contributed by atoms with Gasteiger partial charge in [0.1, 0.15) is 0 Å². The smallest absolute Gasteiger partial charge is 0.225 e. The van der Waals surface area contributed by atoms with E-state index >= 15 is 0 Å². The number of rotatable bonds is 5. The maximum Gasteiger partial charge on any atom is 0.225 e. The molecule has 3 N–H and O–H groups in total. The number of amides is 2. The molecule has 108 valence electrons. The van der Waals surface area contributed by atoms with E-state index in [0.29, 0.717) is 24.2 Å². The molecule has 1 aromatic rings. The zero-order valence-corrected chi connectivity index (χ0v) is 12.5. The fraction of sp³-hybridized carbons (Fsp3) is 0.357. The molecule has 2 amide bonds. The molecule has 0 aliphatic heterocycles. The van der Waals surface area contributed by atoms with Gasteiger partial charge in [-0.3, -0.25) is 9.59 Å². The zero-order valence-electron chi connectivity index (χ0n) is 11.7. The lowest BCUT2D eigenvalue weighted by Gasteiger charge is -2.10. The van der Waals surface area contributed by atoms with E-state index in [4.69, 9.17) is 12.2 Å². The zero-order chi connectivity index (χ0) is 15.0. The summed E-state index contributed by atoms with van der Waals surface area (Å²) >= 11 is 5.02. The number of carbonyl (C=O) groups excluding carboxylic acids is 2. The van der Waals surface area contributed by atoms with E-state index in [0.717, 1.165) is 6.42 Å². The summed E-state index contributed by atoms with van der Waals surface area (Å²) in [5.74, 6) is -0.165. The minimum Gasteiger partial charge on any atom is -0.332 e. The average molecular weight is 293 g/mol. The SMILES string of the molecule is CCCC(=O)Nc1cccc(NC(=S)NC(=O)CC)c1. The van der Waals surface area contributed by atoms with Crippen LogP contribution in [0.3, 0.4) is 0 Å². The minimum absolute atomic E-state index is 0.0217. The number of thiocarbonyl (C=S) groups is 1. The molecular weight excluding hydrogens is 274 g/mol. The maximum atomic E-state index is 11.5. The summed E-state index contributed by atoms with van der Waals surface area (Å²) in [6.45, 7) is 3.70. The second-order valence-electron chi connectivity index (χ2n) is 4.23. The Morgan fingerprint density at radius 1 is 1.10 bits per heavy atom. The molecule has 0 bridgehead atoms. The van der Waals surface area contributed by atoms with Gasteiger partial charge in [0.05, 0.1) is 0 Å². The van der Waals surface area contributed by atoms with Crippen LogP contribution in [0.25, 0.3) is 0 Å². The van der Waals surface area contributed by atoms with Crippen molar-refractivity contribution in [2.24, 2.45) is 0 Å². The van der Waals surface area contributed by atoms with Gasteiger partial charge in [-0.2, -0.15) is 0 Å². The van der Waals surface area contributed by atoms with Crippen LogP contribution in [0.1, 0.15) is 33.1 Å². The van der Waals surface area contributed by atoms with Gasteiger partial charge in [-0.1, -0.05) is 19.9 Å². The molecule has 0 heterocycles. The molecule has 0 saturated heterocycles. The highest BCUT2D eigenvalue weighted by atomic mass is 32.1. The predicted octanol–water partition coefficient (Wildman–Crippen LogP) is 2.65. The average Bonchev–Trinajstić information content (AvgIpc) is 2.38. The van der Waals surface area contributed by atoms with Gasteiger partial charge in [-0.05, 0) is 36.8 Å². The first-order chi connectivity index (χ1) is 9.55. The lowest BCUT2D eigenvalue weighted by Crippen LogP contribution is -2.33. The van der Waals surface area contributed by atoms with Crippen molar-refractivity contribution in [1.29, 1.82) is 0 Å². The molecule has 20 heavy (non-hydrogen) atoms. The summed E-state index contributed by atoms with van der Waals surface area (Å²) < 4.78 is 0. The van der Waals surface area contributed by atoms with E-state index in [1.165, 1.54) is 0 Å². The molecule has 1 rings (SSSR count). The van der Waals surface area contributed by atoms with Gasteiger partial charge in [0.25, 0.3) is 0 Å². The molecule has 6 heteroatoms. The molecule has 0 aromatic heterocycles. The number of hydrogen-bond donors (Lipinski definition) is 3. The number of hydrogen-bond acceptors (Lipinski definition) is 3. The van der Waals surface area contributed by atoms with Crippen molar-refractivity contribution in [3.63, 3.8) is 0 Å². The highest BCUT2D eigenvalue weighted by Gasteiger charge is 2.04. The molecule has 5 nitrogen and oxygen atoms in total. The summed E-state index contributed by atoms with van der Waals surface area (Å²) in [5.41, 5.74) is 1.40. The Balaban J connectivity index is 2.61. The summed E-state index contributed by atoms with van der Waals surface area (Å²) in [6.07, 6.45) is 1.66. The van der Waals surface area contributed by atoms with E-state index in [2.05, 4.69) is 16.0 Å². The molecule has 0 radical (unpaired) electrons. The lowest BCUT2D eigenvalue weighted by atomic mass is 10.2. The van der Waals surface area contributed by atoms with Gasteiger partial charge in [-0.15, -0.1) is 0 Å². The van der Waals surface area contributed by atoms with Crippen molar-refractivity contribution in [2.45, 2.75) is 33.1 Å². The Hall–Kier alpha value is -1.95. The summed E-state index contributed by atoms with van der Waals surface area (Å²) in [6, 6.07) is 7.17. The van der Waals surface area contributed by atoms with Crippen LogP contribution in [0, 0.1) is 0 Å². The van der Waals surface area contributed by atoms with E-state index in [-0.39, 0.29) is 16.9 Å². The van der Waals surface area contributed by atoms with Gasteiger partial charge in [-0.25, -0.2) is 0 Å². The largest absolute Gasteiger partial charge is 0.332 e. The van der Waals surface area contributed by atoms with E-state index in [1.807, 2.05) is 6.92 Å². The quantitative estimate of drug-likeness (QED) is 0.730. The van der Waals surface area contributed by atoms with Crippen LogP contribution in [0.4, 0.5) is 11.4 Å². The number of nitrogens with one attached hydrogen (secondary N) is 3. The Morgan fingerprint density at radius 2 is 1.75 bits per heavy atom. The van der Waals surface area contributed by atoms with Crippen LogP contribution in [0.2, 0.25) is 0 Å². The van der Waals surface area contributed by atoms with E-state index in [9.17, 15) is 9.59 Å². The van der Waals surface area contributed by atoms with Crippen LogP contribution >= 0.6 is 12.2 Å². The lowest BCUT2D eigenvalue weighted by molar-refractivity contribution is -0.119. The van der Waals surface area contributed by atoms with Gasteiger partial charge in [0.2, 0.25) is 11.8 Å². The molecule has 0 aliphatic rings. The standard InChI is InChI=1S/C14H19N3O2S/c1-3-6-13(19)15-10-7-5-8-11(9-10)16-14(20)17-12(18)4-2/h5,7-9H,3-4,6H2,1-2H3,(H,15,19)(H2,16,17,18,20). The monoisotopic (exact) mass is 293 g/mol. The summed E-state index contributed by atoms with van der Waals surface area (Å²) in [5, 5.41) is 8.50. The number of carbonyl (C=O) groups is 2. The van der Waals surface area contributed by atoms with Crippen LogP contribution in [0.15, 0.2) is 24.3 Å². The third-order valence-electron chi connectivity index (χ3n) is 2.46. The number of anilines is 2. The molecule has 1 aromatic carbocycles. The summed E-state index contributed by atoms with van der Waals surface area (Å²) in [4.78, 5) is 22.7. The second-order valence-corrected chi connectivity index (χ2v) is 4.64. The molecule has 0 unspecified atom stereocenters. The van der Waals surface area contributed by atoms with Crippen molar-refractivity contribution in [3.05, 3.63) is 24.3 Å². The number of benzene rings is 1.